The number of nitrogens with one attached hydrogen (secondary N) is 1. The van der Waals surface area contributed by atoms with Crippen molar-refractivity contribution >= 4 is 33.3 Å². The maximum atomic E-state index is 12.9. The molecule has 1 amide bonds. The van der Waals surface area contributed by atoms with Crippen LogP contribution >= 0.6 is 11.6 Å². The quantitative estimate of drug-likeness (QED) is 0.445. The van der Waals surface area contributed by atoms with Crippen LogP contribution in [0.4, 0.5) is 5.82 Å². The van der Waals surface area contributed by atoms with Crippen LogP contribution in [-0.2, 0) is 21.4 Å². The number of aromatic nitrogens is 4. The number of nitrogens with zero attached hydrogens (tertiary/aromatic N) is 6. The van der Waals surface area contributed by atoms with Gasteiger partial charge in [-0.15, -0.1) is 0 Å². The fourth-order valence-electron chi connectivity index (χ4n) is 4.18. The van der Waals surface area contributed by atoms with E-state index in [1.807, 2.05) is 17.0 Å². The molecular formula is C22H24ClN7O5S. The Kier molecular flexibility index (Phi) is 6.69. The molecular weight excluding hydrogens is 510 g/mol. The molecule has 0 spiro atoms. The molecule has 0 saturated carbocycles. The molecule has 5 rings (SSSR count). The van der Waals surface area contributed by atoms with E-state index >= 15 is 0 Å². The molecule has 0 bridgehead atoms. The summed E-state index contributed by atoms with van der Waals surface area (Å²) in [6.45, 7) is 1.20. The number of benzene rings is 1. The first-order valence-corrected chi connectivity index (χ1v) is 13.4. The number of anilines is 1. The molecule has 36 heavy (non-hydrogen) atoms. The summed E-state index contributed by atoms with van der Waals surface area (Å²) in [5.74, 6) is 1.90. The van der Waals surface area contributed by atoms with Crippen LogP contribution in [0.5, 0.6) is 11.5 Å². The fraction of sp³-hybridized carbons (Fsp3) is 0.364. The van der Waals surface area contributed by atoms with Crippen LogP contribution in [0.1, 0.15) is 12.0 Å². The van der Waals surface area contributed by atoms with E-state index in [1.165, 1.54) is 4.31 Å². The second-order valence-electron chi connectivity index (χ2n) is 8.46. The molecule has 4 heterocycles. The average Bonchev–Trinajstić information content (AvgIpc) is 3.54. The first kappa shape index (κ1) is 24.3. The lowest BCUT2D eigenvalue weighted by molar-refractivity contribution is -0.121. The molecule has 14 heteroatoms. The molecule has 2 aromatic heterocycles. The minimum atomic E-state index is -3.44. The highest BCUT2D eigenvalue weighted by molar-refractivity contribution is 7.88. The van der Waals surface area contributed by atoms with E-state index in [4.69, 9.17) is 21.1 Å². The van der Waals surface area contributed by atoms with Gasteiger partial charge in [0.2, 0.25) is 28.7 Å². The standard InChI is InChI=1S/C22H24ClN7O5S/c1-36(32,33)29-6-7-30(20-10-19(23)26-22(27-20)28-5-4-24-13-28)16(12-29)9-21(31)25-11-15-2-3-17-18(8-15)35-14-34-17/h2-5,8,10,13,16H,6-7,9,11-12,14H2,1H3,(H,25,31). The van der Waals surface area contributed by atoms with Crippen molar-refractivity contribution in [2.45, 2.75) is 19.0 Å². The van der Waals surface area contributed by atoms with E-state index in [1.54, 1.807) is 35.4 Å². The molecule has 1 aromatic carbocycles. The molecule has 0 aliphatic carbocycles. The number of carbonyl (C=O) groups excluding carboxylic acids is 1. The van der Waals surface area contributed by atoms with Crippen LogP contribution in [0.15, 0.2) is 43.0 Å². The summed E-state index contributed by atoms with van der Waals surface area (Å²) in [7, 11) is -3.44. The molecule has 1 fully saturated rings. The number of rotatable bonds is 7. The van der Waals surface area contributed by atoms with Gasteiger partial charge in [0.15, 0.2) is 11.5 Å². The number of carbonyl (C=O) groups is 1. The summed E-state index contributed by atoms with van der Waals surface area (Å²) in [5.41, 5.74) is 0.860. The van der Waals surface area contributed by atoms with E-state index in [0.717, 1.165) is 11.8 Å². The maximum Gasteiger partial charge on any atom is 0.238 e. The van der Waals surface area contributed by atoms with Crippen molar-refractivity contribution in [3.63, 3.8) is 0 Å². The third-order valence-electron chi connectivity index (χ3n) is 5.96. The monoisotopic (exact) mass is 533 g/mol. The Morgan fingerprint density at radius 1 is 1.19 bits per heavy atom. The Bertz CT molecular complexity index is 1370. The van der Waals surface area contributed by atoms with Crippen LogP contribution in [0.25, 0.3) is 5.95 Å². The normalized spacial score (nSPS) is 17.8. The van der Waals surface area contributed by atoms with Crippen molar-refractivity contribution in [2.75, 3.05) is 37.6 Å². The van der Waals surface area contributed by atoms with Gasteiger partial charge in [0.1, 0.15) is 17.3 Å². The van der Waals surface area contributed by atoms with Crippen LogP contribution < -0.4 is 19.7 Å². The van der Waals surface area contributed by atoms with E-state index in [0.29, 0.717) is 36.4 Å². The smallest absolute Gasteiger partial charge is 0.238 e. The Morgan fingerprint density at radius 3 is 2.81 bits per heavy atom. The predicted molar refractivity (Wildman–Crippen MR) is 131 cm³/mol. The number of fused-ring (bicyclic) bond motifs is 1. The Morgan fingerprint density at radius 2 is 2.03 bits per heavy atom. The topological polar surface area (TPSA) is 132 Å². The maximum absolute atomic E-state index is 12.9. The van der Waals surface area contributed by atoms with Gasteiger partial charge in [0.05, 0.1) is 12.3 Å². The van der Waals surface area contributed by atoms with Gasteiger partial charge in [-0.25, -0.2) is 18.4 Å². The molecule has 1 unspecified atom stereocenters. The van der Waals surface area contributed by atoms with Crippen LogP contribution in [0.2, 0.25) is 5.15 Å². The van der Waals surface area contributed by atoms with Gasteiger partial charge in [0, 0.05) is 51.1 Å². The Balaban J connectivity index is 1.34. The Hall–Kier alpha value is -3.42. The van der Waals surface area contributed by atoms with Crippen molar-refractivity contribution in [3.05, 3.63) is 53.7 Å². The highest BCUT2D eigenvalue weighted by atomic mass is 35.5. The zero-order valence-electron chi connectivity index (χ0n) is 19.4. The van der Waals surface area contributed by atoms with E-state index in [2.05, 4.69) is 20.3 Å². The minimum absolute atomic E-state index is 0.0542. The van der Waals surface area contributed by atoms with Gasteiger partial charge in [-0.2, -0.15) is 9.29 Å². The first-order valence-electron chi connectivity index (χ1n) is 11.2. The van der Waals surface area contributed by atoms with Gasteiger partial charge < -0.3 is 19.7 Å². The van der Waals surface area contributed by atoms with E-state index in [-0.39, 0.29) is 37.4 Å². The van der Waals surface area contributed by atoms with Crippen molar-refractivity contribution in [3.8, 4) is 17.4 Å². The van der Waals surface area contributed by atoms with Crippen molar-refractivity contribution in [1.82, 2.24) is 29.1 Å². The molecule has 1 N–H and O–H groups in total. The number of amides is 1. The third kappa shape index (κ3) is 5.37. The minimum Gasteiger partial charge on any atom is -0.454 e. The van der Waals surface area contributed by atoms with Gasteiger partial charge >= 0.3 is 0 Å². The molecule has 190 valence electrons. The summed E-state index contributed by atoms with van der Waals surface area (Å²) < 4.78 is 38.2. The number of hydrogen-bond acceptors (Lipinski definition) is 9. The lowest BCUT2D eigenvalue weighted by Gasteiger charge is -2.41. The summed E-state index contributed by atoms with van der Waals surface area (Å²) in [6, 6.07) is 6.61. The average molecular weight is 534 g/mol. The fourth-order valence-corrected chi connectivity index (χ4v) is 5.21. The number of piperazine rings is 1. The number of imidazole rings is 1. The SMILES string of the molecule is CS(=O)(=O)N1CCN(c2cc(Cl)nc(-n3ccnc3)n2)C(CC(=O)NCc2ccc3c(c2)OCO3)C1. The van der Waals surface area contributed by atoms with Gasteiger partial charge in [-0.1, -0.05) is 17.7 Å². The second kappa shape index (κ2) is 9.91. The molecule has 12 nitrogen and oxygen atoms in total. The van der Waals surface area contributed by atoms with E-state index in [9.17, 15) is 13.2 Å². The summed E-state index contributed by atoms with van der Waals surface area (Å²) >= 11 is 6.28. The van der Waals surface area contributed by atoms with Gasteiger partial charge in [-0.3, -0.25) is 9.36 Å². The van der Waals surface area contributed by atoms with Gasteiger partial charge in [0.25, 0.3) is 0 Å². The third-order valence-corrected chi connectivity index (χ3v) is 7.42. The molecule has 1 saturated heterocycles. The van der Waals surface area contributed by atoms with Crippen LogP contribution in [0.3, 0.4) is 0 Å². The van der Waals surface area contributed by atoms with Crippen molar-refractivity contribution < 1.29 is 22.7 Å². The summed E-state index contributed by atoms with van der Waals surface area (Å²) in [6.07, 6.45) is 6.06. The lowest BCUT2D eigenvalue weighted by Crippen LogP contribution is -2.56. The molecule has 1 atom stereocenters. The molecule has 3 aromatic rings. The largest absolute Gasteiger partial charge is 0.454 e. The zero-order chi connectivity index (χ0) is 25.3. The number of ether oxygens (including phenoxy) is 2. The van der Waals surface area contributed by atoms with Crippen LogP contribution in [-0.4, -0.2) is 76.9 Å². The van der Waals surface area contributed by atoms with Crippen molar-refractivity contribution in [1.29, 1.82) is 0 Å². The Labute approximate surface area is 212 Å². The first-order chi connectivity index (χ1) is 17.3. The van der Waals surface area contributed by atoms with Gasteiger partial charge in [-0.05, 0) is 17.7 Å². The summed E-state index contributed by atoms with van der Waals surface area (Å²) in [4.78, 5) is 27.7. The molecule has 0 radical (unpaired) electrons. The lowest BCUT2D eigenvalue weighted by atomic mass is 10.1. The molecule has 2 aliphatic rings. The second-order valence-corrected chi connectivity index (χ2v) is 10.8. The highest BCUT2D eigenvalue weighted by Gasteiger charge is 2.34. The number of hydrogen-bond donors (Lipinski definition) is 1. The zero-order valence-corrected chi connectivity index (χ0v) is 20.9. The van der Waals surface area contributed by atoms with Crippen molar-refractivity contribution in [2.24, 2.45) is 0 Å². The summed E-state index contributed by atoms with van der Waals surface area (Å²) in [5, 5.41) is 3.13. The number of halogens is 1. The van der Waals surface area contributed by atoms with Crippen LogP contribution in [0, 0.1) is 0 Å². The van der Waals surface area contributed by atoms with E-state index < -0.39 is 16.1 Å². The predicted octanol–water partition coefficient (Wildman–Crippen LogP) is 1.20. The number of sulfonamides is 1. The molecule has 2 aliphatic heterocycles. The highest BCUT2D eigenvalue weighted by Crippen LogP contribution is 2.32.